The van der Waals surface area contributed by atoms with E-state index in [2.05, 4.69) is 42.2 Å². The Morgan fingerprint density at radius 1 is 0.769 bits per heavy atom. The number of methoxy groups -OCH3 is 1. The molecule has 128 valence electrons. The minimum absolute atomic E-state index is 0.0657. The molecular formula is C23H19NO2. The number of hydrogen-bond donors (Lipinski definition) is 0. The number of fused-ring (bicyclic) bond motifs is 2. The highest BCUT2D eigenvalue weighted by Gasteiger charge is 2.25. The van der Waals surface area contributed by atoms with Crippen molar-refractivity contribution in [3.63, 3.8) is 0 Å². The Balaban J connectivity index is 2.06. The van der Waals surface area contributed by atoms with Gasteiger partial charge in [0.25, 0.3) is 0 Å². The number of ether oxygens (including phenoxy) is 1. The van der Waals surface area contributed by atoms with Crippen LogP contribution in [0.4, 0.5) is 17.1 Å². The zero-order valence-electron chi connectivity index (χ0n) is 14.8. The molecule has 0 bridgehead atoms. The maximum Gasteiger partial charge on any atom is 0.191 e. The molecule has 0 atom stereocenters. The largest absolute Gasteiger partial charge is 0.496 e. The normalized spacial score (nSPS) is 15.2. The summed E-state index contributed by atoms with van der Waals surface area (Å²) in [5.74, 6) is 0.501. The van der Waals surface area contributed by atoms with E-state index >= 15 is 0 Å². The van der Waals surface area contributed by atoms with Gasteiger partial charge in [-0.25, -0.2) is 0 Å². The molecule has 3 aromatic rings. The summed E-state index contributed by atoms with van der Waals surface area (Å²) in [4.78, 5) is 15.0. The van der Waals surface area contributed by atoms with E-state index in [1.165, 1.54) is 5.56 Å². The van der Waals surface area contributed by atoms with E-state index in [0.717, 1.165) is 22.6 Å². The van der Waals surface area contributed by atoms with E-state index < -0.39 is 0 Å². The number of carbonyl (C=O) groups is 1. The van der Waals surface area contributed by atoms with Crippen LogP contribution in [0.5, 0.6) is 0 Å². The second-order valence-electron chi connectivity index (χ2n) is 6.28. The van der Waals surface area contributed by atoms with Gasteiger partial charge in [-0.15, -0.1) is 0 Å². The summed E-state index contributed by atoms with van der Waals surface area (Å²) in [6.07, 6.45) is 1.57. The first kappa shape index (κ1) is 16.2. The first-order chi connectivity index (χ1) is 12.7. The van der Waals surface area contributed by atoms with Crippen LogP contribution in [0.25, 0.3) is 5.76 Å². The Bertz CT molecular complexity index is 1000. The molecule has 1 heterocycles. The quantitative estimate of drug-likeness (QED) is 0.603. The van der Waals surface area contributed by atoms with Gasteiger partial charge >= 0.3 is 0 Å². The van der Waals surface area contributed by atoms with E-state index in [-0.39, 0.29) is 5.78 Å². The van der Waals surface area contributed by atoms with Gasteiger partial charge in [0.05, 0.1) is 18.5 Å². The van der Waals surface area contributed by atoms with Crippen LogP contribution in [0.3, 0.4) is 0 Å². The van der Waals surface area contributed by atoms with Crippen molar-refractivity contribution < 1.29 is 9.53 Å². The topological polar surface area (TPSA) is 29.5 Å². The molecule has 0 aliphatic carbocycles. The number of carbonyl (C=O) groups excluding carboxylic acids is 1. The Hall–Kier alpha value is -3.33. The van der Waals surface area contributed by atoms with Crippen molar-refractivity contribution in [1.29, 1.82) is 0 Å². The first-order valence-electron chi connectivity index (χ1n) is 8.54. The van der Waals surface area contributed by atoms with Crippen molar-refractivity contribution in [3.05, 3.63) is 95.6 Å². The molecule has 0 saturated carbocycles. The molecule has 0 radical (unpaired) electrons. The van der Waals surface area contributed by atoms with Crippen molar-refractivity contribution in [2.75, 3.05) is 12.0 Å². The van der Waals surface area contributed by atoms with Crippen LogP contribution in [-0.4, -0.2) is 12.9 Å². The highest BCUT2D eigenvalue weighted by atomic mass is 16.5. The number of benzene rings is 3. The van der Waals surface area contributed by atoms with E-state index in [1.54, 1.807) is 13.2 Å². The van der Waals surface area contributed by atoms with Crippen LogP contribution in [0, 0.1) is 6.92 Å². The van der Waals surface area contributed by atoms with Crippen LogP contribution in [0.2, 0.25) is 0 Å². The molecule has 0 N–H and O–H groups in total. The van der Waals surface area contributed by atoms with Crippen molar-refractivity contribution in [2.45, 2.75) is 6.92 Å². The van der Waals surface area contributed by atoms with E-state index in [1.807, 2.05) is 42.5 Å². The van der Waals surface area contributed by atoms with Crippen LogP contribution < -0.4 is 4.90 Å². The zero-order chi connectivity index (χ0) is 18.1. The summed E-state index contributed by atoms with van der Waals surface area (Å²) in [6, 6.07) is 24.0. The van der Waals surface area contributed by atoms with Gasteiger partial charge in [-0.2, -0.15) is 0 Å². The average molecular weight is 341 g/mol. The monoisotopic (exact) mass is 341 g/mol. The molecular weight excluding hydrogens is 322 g/mol. The van der Waals surface area contributed by atoms with Crippen molar-refractivity contribution >= 4 is 28.6 Å². The number of nitrogens with zero attached hydrogens (tertiary/aromatic N) is 1. The summed E-state index contributed by atoms with van der Waals surface area (Å²) < 4.78 is 5.56. The van der Waals surface area contributed by atoms with Gasteiger partial charge in [0.15, 0.2) is 5.78 Å². The smallest absolute Gasteiger partial charge is 0.191 e. The minimum atomic E-state index is -0.0657. The van der Waals surface area contributed by atoms with Gasteiger partial charge in [0.2, 0.25) is 0 Å². The Morgan fingerprint density at radius 3 is 2.00 bits per heavy atom. The molecule has 1 aliphatic rings. The van der Waals surface area contributed by atoms with E-state index in [9.17, 15) is 4.79 Å². The third kappa shape index (κ3) is 2.68. The summed E-state index contributed by atoms with van der Waals surface area (Å²) in [7, 11) is 1.60. The molecule has 0 saturated heterocycles. The molecule has 4 rings (SSSR count). The fourth-order valence-corrected chi connectivity index (χ4v) is 3.30. The third-order valence-corrected chi connectivity index (χ3v) is 4.60. The maximum atomic E-state index is 12.9. The Morgan fingerprint density at radius 2 is 1.35 bits per heavy atom. The summed E-state index contributed by atoms with van der Waals surface area (Å²) in [5.41, 5.74) is 5.57. The predicted molar refractivity (Wildman–Crippen MR) is 105 cm³/mol. The lowest BCUT2D eigenvalue weighted by Gasteiger charge is -2.30. The van der Waals surface area contributed by atoms with Crippen molar-refractivity contribution in [1.82, 2.24) is 0 Å². The highest BCUT2D eigenvalue weighted by molar-refractivity contribution is 6.14. The number of hydrogen-bond acceptors (Lipinski definition) is 3. The third-order valence-electron chi connectivity index (χ3n) is 4.60. The molecule has 0 unspecified atom stereocenters. The number of allylic oxidation sites excluding steroid dienone is 1. The predicted octanol–water partition coefficient (Wildman–Crippen LogP) is 5.65. The minimum Gasteiger partial charge on any atom is -0.496 e. The standard InChI is InChI=1S/C23H19NO2/c1-16-11-13-17(14-12-16)24-20-9-5-3-7-18(20)22(25)15-23(26-2)19-8-4-6-10-21(19)24/h3-15H,1-2H3/b23-15-. The summed E-state index contributed by atoms with van der Waals surface area (Å²) in [6.45, 7) is 2.06. The van der Waals surface area contributed by atoms with Gasteiger partial charge in [-0.3, -0.25) is 4.79 Å². The van der Waals surface area contributed by atoms with Crippen molar-refractivity contribution in [3.8, 4) is 0 Å². The summed E-state index contributed by atoms with van der Waals surface area (Å²) >= 11 is 0. The molecule has 0 spiro atoms. The molecule has 0 aromatic heterocycles. The number of rotatable bonds is 2. The lowest BCUT2D eigenvalue weighted by Crippen LogP contribution is -2.17. The SMILES string of the molecule is CO/C1=C\C(=O)c2ccccc2N(c2ccc(C)cc2)c2ccccc21. The molecule has 0 amide bonds. The molecule has 0 fully saturated rings. The average Bonchev–Trinajstić information content (AvgIpc) is 2.67. The fourth-order valence-electron chi connectivity index (χ4n) is 3.30. The van der Waals surface area contributed by atoms with Crippen LogP contribution in [0.15, 0.2) is 78.9 Å². The maximum absolute atomic E-state index is 12.9. The summed E-state index contributed by atoms with van der Waals surface area (Å²) in [5, 5.41) is 0. The van der Waals surface area contributed by atoms with Gasteiger partial charge in [-0.05, 0) is 43.3 Å². The molecule has 26 heavy (non-hydrogen) atoms. The number of para-hydroxylation sites is 2. The van der Waals surface area contributed by atoms with Gasteiger partial charge < -0.3 is 9.64 Å². The fraction of sp³-hybridized carbons (Fsp3) is 0.0870. The first-order valence-corrected chi connectivity index (χ1v) is 8.54. The second kappa shape index (κ2) is 6.52. The molecule has 1 aliphatic heterocycles. The number of anilines is 3. The van der Waals surface area contributed by atoms with E-state index in [0.29, 0.717) is 11.3 Å². The Kier molecular flexibility index (Phi) is 4.05. The molecule has 3 heteroatoms. The van der Waals surface area contributed by atoms with Gasteiger partial charge in [-0.1, -0.05) is 42.0 Å². The Labute approximate surface area is 153 Å². The molecule has 3 aromatic carbocycles. The molecule has 3 nitrogen and oxygen atoms in total. The van der Waals surface area contributed by atoms with Crippen LogP contribution in [-0.2, 0) is 4.74 Å². The second-order valence-corrected chi connectivity index (χ2v) is 6.28. The van der Waals surface area contributed by atoms with Gasteiger partial charge in [0, 0.05) is 22.9 Å². The number of aryl methyl sites for hydroxylation is 1. The highest BCUT2D eigenvalue weighted by Crippen LogP contribution is 2.42. The van der Waals surface area contributed by atoms with Gasteiger partial charge in [0.1, 0.15) is 5.76 Å². The van der Waals surface area contributed by atoms with Crippen LogP contribution >= 0.6 is 0 Å². The van der Waals surface area contributed by atoms with Crippen molar-refractivity contribution in [2.24, 2.45) is 0 Å². The number of ketones is 1. The van der Waals surface area contributed by atoms with E-state index in [4.69, 9.17) is 4.74 Å². The lowest BCUT2D eigenvalue weighted by molar-refractivity contribution is 0.104. The van der Waals surface area contributed by atoms with Crippen LogP contribution in [0.1, 0.15) is 21.5 Å². The zero-order valence-corrected chi connectivity index (χ0v) is 14.8. The lowest BCUT2D eigenvalue weighted by atomic mass is 9.99.